The number of allylic oxidation sites excluding steroid dienone is 2. The van der Waals surface area contributed by atoms with Crippen LogP contribution in [-0.2, 0) is 0 Å². The van der Waals surface area contributed by atoms with Crippen LogP contribution in [0.5, 0.6) is 0 Å². The summed E-state index contributed by atoms with van der Waals surface area (Å²) in [6, 6.07) is 6.76. The van der Waals surface area contributed by atoms with E-state index in [1.807, 2.05) is 23.6 Å². The van der Waals surface area contributed by atoms with Gasteiger partial charge < -0.3 is 16.5 Å². The maximum atomic E-state index is 14.2. The van der Waals surface area contributed by atoms with Crippen molar-refractivity contribution in [1.82, 2.24) is 0 Å². The van der Waals surface area contributed by atoms with E-state index < -0.39 is 5.82 Å². The van der Waals surface area contributed by atoms with Crippen LogP contribution in [-0.4, -0.2) is 5.71 Å². The lowest BCUT2D eigenvalue weighted by Crippen LogP contribution is -2.11. The van der Waals surface area contributed by atoms with Gasteiger partial charge in [-0.15, -0.1) is 11.3 Å². The second-order valence-corrected chi connectivity index (χ2v) is 7.33. The van der Waals surface area contributed by atoms with E-state index >= 15 is 0 Å². The number of nitrogens with two attached hydrogens (primary N) is 1. The summed E-state index contributed by atoms with van der Waals surface area (Å²) in [4.78, 5) is 1.05. The van der Waals surface area contributed by atoms with Gasteiger partial charge in [-0.2, -0.15) is 0 Å². The minimum Gasteiger partial charge on any atom is -0.398 e. The number of nitrogens with one attached hydrogen (secondary N) is 2. The average molecular weight is 341 g/mol. The first-order chi connectivity index (χ1) is 11.4. The molecule has 4 N–H and O–H groups in total. The topological polar surface area (TPSA) is 61.9 Å². The smallest absolute Gasteiger partial charge is 0.148 e. The highest BCUT2D eigenvalue weighted by Gasteiger charge is 2.40. The Bertz CT molecular complexity index is 817. The summed E-state index contributed by atoms with van der Waals surface area (Å²) in [5, 5.41) is 13.3. The maximum absolute atomic E-state index is 14.2. The monoisotopic (exact) mass is 341 g/mol. The van der Waals surface area contributed by atoms with Crippen LogP contribution in [0.4, 0.5) is 15.8 Å². The third-order valence-electron chi connectivity index (χ3n) is 4.40. The fraction of sp³-hybridized carbons (Fsp3) is 0.211. The van der Waals surface area contributed by atoms with E-state index in [-0.39, 0.29) is 16.8 Å². The molecule has 0 atom stereocenters. The highest BCUT2D eigenvalue weighted by molar-refractivity contribution is 7.10. The van der Waals surface area contributed by atoms with Gasteiger partial charge in [-0.1, -0.05) is 19.6 Å². The summed E-state index contributed by atoms with van der Waals surface area (Å²) in [7, 11) is 0. The van der Waals surface area contributed by atoms with Crippen LogP contribution < -0.4 is 11.1 Å². The maximum Gasteiger partial charge on any atom is 0.148 e. The van der Waals surface area contributed by atoms with E-state index in [0.717, 1.165) is 23.4 Å². The molecule has 1 saturated carbocycles. The van der Waals surface area contributed by atoms with Crippen molar-refractivity contribution < 1.29 is 4.39 Å². The molecule has 2 aromatic rings. The summed E-state index contributed by atoms with van der Waals surface area (Å²) < 4.78 is 14.2. The lowest BCUT2D eigenvalue weighted by molar-refractivity contribution is 0.628. The molecule has 0 amide bonds. The molecule has 5 heteroatoms. The van der Waals surface area contributed by atoms with Crippen molar-refractivity contribution in [3.05, 3.63) is 64.3 Å². The Morgan fingerprint density at radius 2 is 2.21 bits per heavy atom. The number of thiophene rings is 1. The fourth-order valence-corrected chi connectivity index (χ4v) is 2.98. The van der Waals surface area contributed by atoms with Gasteiger partial charge in [0.05, 0.1) is 11.4 Å². The Morgan fingerprint density at radius 3 is 2.83 bits per heavy atom. The molecule has 1 heterocycles. The van der Waals surface area contributed by atoms with Crippen LogP contribution in [0.25, 0.3) is 6.08 Å². The van der Waals surface area contributed by atoms with Gasteiger partial charge in [0.2, 0.25) is 0 Å². The van der Waals surface area contributed by atoms with Crippen molar-refractivity contribution in [3.8, 4) is 0 Å². The van der Waals surface area contributed by atoms with Crippen molar-refractivity contribution in [2.24, 2.45) is 5.41 Å². The standard InChI is InChI=1S/C19H20FN3S/c1-12(19(2)7-8-19)23-18-10-14(17(22)11-15(18)20)16(21)6-5-13-4-3-9-24-13/h3-6,9-11,21,23H,1,7-8,22H2,2H3/b6-5+,21-16?. The molecule has 1 aromatic heterocycles. The Labute approximate surface area is 145 Å². The SMILES string of the molecule is C=C(Nc1cc(C(=N)/C=C/c2cccs2)c(N)cc1F)C1(C)CC1. The van der Waals surface area contributed by atoms with Crippen LogP contribution >= 0.6 is 11.3 Å². The molecule has 1 fully saturated rings. The normalized spacial score (nSPS) is 15.4. The van der Waals surface area contributed by atoms with E-state index in [4.69, 9.17) is 11.1 Å². The molecular weight excluding hydrogens is 321 g/mol. The molecule has 0 spiro atoms. The van der Waals surface area contributed by atoms with Gasteiger partial charge in [-0.25, -0.2) is 4.39 Å². The number of rotatable bonds is 6. The van der Waals surface area contributed by atoms with Crippen LogP contribution in [0.2, 0.25) is 0 Å². The first-order valence-electron chi connectivity index (χ1n) is 7.75. The molecular formula is C19H20FN3S. The molecule has 1 aliphatic carbocycles. The van der Waals surface area contributed by atoms with Crippen LogP contribution in [0.1, 0.15) is 30.2 Å². The molecule has 0 aliphatic heterocycles. The largest absolute Gasteiger partial charge is 0.398 e. The van der Waals surface area contributed by atoms with Gasteiger partial charge in [0.1, 0.15) is 5.82 Å². The van der Waals surface area contributed by atoms with Gasteiger partial charge in [0, 0.05) is 27.2 Å². The van der Waals surface area contributed by atoms with Crippen LogP contribution in [0.15, 0.2) is 48.0 Å². The molecule has 3 nitrogen and oxygen atoms in total. The summed E-state index contributed by atoms with van der Waals surface area (Å²) in [5.74, 6) is -0.434. The summed E-state index contributed by atoms with van der Waals surface area (Å²) >= 11 is 1.59. The Morgan fingerprint density at radius 1 is 1.46 bits per heavy atom. The summed E-state index contributed by atoms with van der Waals surface area (Å²) in [6.45, 7) is 6.12. The Balaban J connectivity index is 1.83. The number of anilines is 2. The second-order valence-electron chi connectivity index (χ2n) is 6.35. The van der Waals surface area contributed by atoms with E-state index in [2.05, 4.69) is 18.8 Å². The van der Waals surface area contributed by atoms with Gasteiger partial charge in [-0.05, 0) is 48.6 Å². The predicted octanol–water partition coefficient (Wildman–Crippen LogP) is 5.28. The summed E-state index contributed by atoms with van der Waals surface area (Å²) in [6.07, 6.45) is 5.65. The number of halogens is 1. The third kappa shape index (κ3) is 3.41. The zero-order valence-corrected chi connectivity index (χ0v) is 14.3. The molecule has 1 aliphatic rings. The number of nitrogen functional groups attached to an aromatic ring is 1. The molecule has 24 heavy (non-hydrogen) atoms. The second kappa shape index (κ2) is 6.24. The van der Waals surface area contributed by atoms with E-state index in [0.29, 0.717) is 11.3 Å². The lowest BCUT2D eigenvalue weighted by atomic mass is 10.0. The summed E-state index contributed by atoms with van der Waals surface area (Å²) in [5.41, 5.74) is 8.06. The fourth-order valence-electron chi connectivity index (χ4n) is 2.36. The van der Waals surface area contributed by atoms with E-state index in [1.54, 1.807) is 23.5 Å². The average Bonchev–Trinajstić information content (AvgIpc) is 3.09. The van der Waals surface area contributed by atoms with Crippen molar-refractivity contribution in [1.29, 1.82) is 5.41 Å². The zero-order valence-electron chi connectivity index (χ0n) is 13.5. The molecule has 124 valence electrons. The first-order valence-corrected chi connectivity index (χ1v) is 8.63. The van der Waals surface area contributed by atoms with Gasteiger partial charge in [-0.3, -0.25) is 0 Å². The van der Waals surface area contributed by atoms with E-state index in [9.17, 15) is 4.39 Å². The minimum atomic E-state index is -0.434. The highest BCUT2D eigenvalue weighted by atomic mass is 32.1. The first kappa shape index (κ1) is 16.5. The quantitative estimate of drug-likeness (QED) is 0.495. The number of hydrogen-bond donors (Lipinski definition) is 3. The number of benzene rings is 1. The molecule has 0 unspecified atom stereocenters. The van der Waals surface area contributed by atoms with Gasteiger partial charge in [0.15, 0.2) is 0 Å². The number of hydrogen-bond acceptors (Lipinski definition) is 4. The molecule has 0 radical (unpaired) electrons. The molecule has 0 saturated heterocycles. The van der Waals surface area contributed by atoms with Crippen molar-refractivity contribution in [3.63, 3.8) is 0 Å². The van der Waals surface area contributed by atoms with E-state index in [1.165, 1.54) is 6.07 Å². The van der Waals surface area contributed by atoms with Crippen molar-refractivity contribution in [2.75, 3.05) is 11.1 Å². The molecule has 3 rings (SSSR count). The molecule has 0 bridgehead atoms. The van der Waals surface area contributed by atoms with Crippen molar-refractivity contribution >= 4 is 34.5 Å². The molecule has 1 aromatic carbocycles. The Hall–Kier alpha value is -2.40. The zero-order chi connectivity index (χ0) is 17.3. The Kier molecular flexibility index (Phi) is 4.28. The highest BCUT2D eigenvalue weighted by Crippen LogP contribution is 2.50. The van der Waals surface area contributed by atoms with Crippen LogP contribution in [0, 0.1) is 16.6 Å². The minimum absolute atomic E-state index is 0.0422. The predicted molar refractivity (Wildman–Crippen MR) is 101 cm³/mol. The van der Waals surface area contributed by atoms with Gasteiger partial charge >= 0.3 is 0 Å². The third-order valence-corrected chi connectivity index (χ3v) is 5.24. The lowest BCUT2D eigenvalue weighted by Gasteiger charge is -2.17. The van der Waals surface area contributed by atoms with Gasteiger partial charge in [0.25, 0.3) is 0 Å². The van der Waals surface area contributed by atoms with Crippen molar-refractivity contribution in [2.45, 2.75) is 19.8 Å². The van der Waals surface area contributed by atoms with Crippen LogP contribution in [0.3, 0.4) is 0 Å².